The maximum atomic E-state index is 10.4. The first kappa shape index (κ1) is 20.1. The standard InChI is InChI=1S/C18H31N3O3/c1-5-7-8-9-20-18(19-6-2)21-13-17(22)14-10-15(23-3)12-16(11-14)24-4/h10-12,17,22H,5-9,13H2,1-4H3,(H2,19,20,21). The molecule has 24 heavy (non-hydrogen) atoms. The quantitative estimate of drug-likeness (QED) is 0.347. The SMILES string of the molecule is CCCCCNC(=NCC(O)c1cc(OC)cc(OC)c1)NCC. The van der Waals surface area contributed by atoms with Crippen molar-refractivity contribution < 1.29 is 14.6 Å². The van der Waals surface area contributed by atoms with Crippen LogP contribution in [0.15, 0.2) is 23.2 Å². The molecule has 6 heteroatoms. The first-order valence-corrected chi connectivity index (χ1v) is 8.57. The zero-order valence-electron chi connectivity index (χ0n) is 15.3. The summed E-state index contributed by atoms with van der Waals surface area (Å²) < 4.78 is 10.5. The summed E-state index contributed by atoms with van der Waals surface area (Å²) in [7, 11) is 3.18. The van der Waals surface area contributed by atoms with Crippen LogP contribution in [-0.2, 0) is 0 Å². The first-order chi connectivity index (χ1) is 11.6. The Morgan fingerprint density at radius 3 is 2.29 bits per heavy atom. The number of aliphatic hydroxyl groups is 1. The number of nitrogens with zero attached hydrogens (tertiary/aromatic N) is 1. The summed E-state index contributed by atoms with van der Waals surface area (Å²) in [6, 6.07) is 5.37. The smallest absolute Gasteiger partial charge is 0.191 e. The number of aliphatic hydroxyl groups excluding tert-OH is 1. The molecule has 1 atom stereocenters. The predicted molar refractivity (Wildman–Crippen MR) is 98.0 cm³/mol. The minimum Gasteiger partial charge on any atom is -0.497 e. The fourth-order valence-corrected chi connectivity index (χ4v) is 2.23. The first-order valence-electron chi connectivity index (χ1n) is 8.57. The van der Waals surface area contributed by atoms with Gasteiger partial charge in [0, 0.05) is 19.2 Å². The Labute approximate surface area is 145 Å². The highest BCUT2D eigenvalue weighted by Gasteiger charge is 2.11. The number of unbranched alkanes of at least 4 members (excludes halogenated alkanes) is 2. The van der Waals surface area contributed by atoms with Gasteiger partial charge in [0.25, 0.3) is 0 Å². The number of hydrogen-bond acceptors (Lipinski definition) is 4. The monoisotopic (exact) mass is 337 g/mol. The molecular weight excluding hydrogens is 306 g/mol. The minimum absolute atomic E-state index is 0.263. The van der Waals surface area contributed by atoms with Gasteiger partial charge in [0.05, 0.1) is 26.9 Å². The predicted octanol–water partition coefficient (Wildman–Crippen LogP) is 2.48. The molecule has 0 saturated heterocycles. The van der Waals surface area contributed by atoms with Crippen LogP contribution < -0.4 is 20.1 Å². The van der Waals surface area contributed by atoms with Gasteiger partial charge in [-0.05, 0) is 31.0 Å². The molecule has 3 N–H and O–H groups in total. The molecule has 136 valence electrons. The van der Waals surface area contributed by atoms with E-state index in [1.807, 2.05) is 6.92 Å². The summed E-state index contributed by atoms with van der Waals surface area (Å²) >= 11 is 0. The summed E-state index contributed by atoms with van der Waals surface area (Å²) in [5, 5.41) is 16.9. The minimum atomic E-state index is -0.722. The lowest BCUT2D eigenvalue weighted by Crippen LogP contribution is -2.38. The van der Waals surface area contributed by atoms with Gasteiger partial charge in [-0.3, -0.25) is 4.99 Å². The largest absolute Gasteiger partial charge is 0.497 e. The van der Waals surface area contributed by atoms with Crippen LogP contribution in [0.5, 0.6) is 11.5 Å². The van der Waals surface area contributed by atoms with Crippen LogP contribution in [0.2, 0.25) is 0 Å². The third-order valence-corrected chi connectivity index (χ3v) is 3.60. The Hall–Kier alpha value is -1.95. The Kier molecular flexibility index (Phi) is 9.68. The maximum Gasteiger partial charge on any atom is 0.191 e. The molecule has 0 radical (unpaired) electrons. The Morgan fingerprint density at radius 2 is 1.75 bits per heavy atom. The highest BCUT2D eigenvalue weighted by atomic mass is 16.5. The van der Waals surface area contributed by atoms with E-state index in [4.69, 9.17) is 9.47 Å². The van der Waals surface area contributed by atoms with Crippen molar-refractivity contribution in [1.29, 1.82) is 0 Å². The van der Waals surface area contributed by atoms with Crippen molar-refractivity contribution in [3.05, 3.63) is 23.8 Å². The number of rotatable bonds is 10. The van der Waals surface area contributed by atoms with Crippen LogP contribution in [-0.4, -0.2) is 44.9 Å². The van der Waals surface area contributed by atoms with E-state index in [0.717, 1.165) is 31.0 Å². The van der Waals surface area contributed by atoms with E-state index < -0.39 is 6.10 Å². The lowest BCUT2D eigenvalue weighted by molar-refractivity contribution is 0.186. The van der Waals surface area contributed by atoms with Crippen LogP contribution >= 0.6 is 0 Å². The van der Waals surface area contributed by atoms with Crippen LogP contribution in [0.25, 0.3) is 0 Å². The summed E-state index contributed by atoms with van der Waals surface area (Å²) in [6.45, 7) is 6.12. The van der Waals surface area contributed by atoms with Gasteiger partial charge >= 0.3 is 0 Å². The molecular formula is C18H31N3O3. The summed E-state index contributed by atoms with van der Waals surface area (Å²) in [6.07, 6.45) is 2.76. The van der Waals surface area contributed by atoms with Crippen molar-refractivity contribution in [3.63, 3.8) is 0 Å². The highest BCUT2D eigenvalue weighted by Crippen LogP contribution is 2.26. The maximum absolute atomic E-state index is 10.4. The lowest BCUT2D eigenvalue weighted by Gasteiger charge is -2.14. The average molecular weight is 337 g/mol. The molecule has 0 heterocycles. The lowest BCUT2D eigenvalue weighted by atomic mass is 10.1. The fourth-order valence-electron chi connectivity index (χ4n) is 2.23. The molecule has 0 aromatic heterocycles. The van der Waals surface area contributed by atoms with Gasteiger partial charge in [0.1, 0.15) is 11.5 Å². The third-order valence-electron chi connectivity index (χ3n) is 3.60. The van der Waals surface area contributed by atoms with E-state index in [1.54, 1.807) is 32.4 Å². The van der Waals surface area contributed by atoms with E-state index in [1.165, 1.54) is 12.8 Å². The van der Waals surface area contributed by atoms with Crippen molar-refractivity contribution in [2.24, 2.45) is 4.99 Å². The normalized spacial score (nSPS) is 12.6. The van der Waals surface area contributed by atoms with Gasteiger partial charge in [-0.15, -0.1) is 0 Å². The molecule has 1 aromatic carbocycles. The molecule has 0 fully saturated rings. The van der Waals surface area contributed by atoms with E-state index in [9.17, 15) is 5.11 Å². The van der Waals surface area contributed by atoms with Gasteiger partial charge in [-0.2, -0.15) is 0 Å². The fraction of sp³-hybridized carbons (Fsp3) is 0.611. The molecule has 6 nitrogen and oxygen atoms in total. The van der Waals surface area contributed by atoms with Gasteiger partial charge in [0.2, 0.25) is 0 Å². The molecule has 0 aliphatic rings. The Morgan fingerprint density at radius 1 is 1.08 bits per heavy atom. The van der Waals surface area contributed by atoms with Crippen molar-refractivity contribution >= 4 is 5.96 Å². The average Bonchev–Trinajstić information content (AvgIpc) is 2.62. The number of hydrogen-bond donors (Lipinski definition) is 3. The van der Waals surface area contributed by atoms with E-state index in [2.05, 4.69) is 22.5 Å². The summed E-state index contributed by atoms with van der Waals surface area (Å²) in [5.41, 5.74) is 0.719. The second-order valence-corrected chi connectivity index (χ2v) is 5.52. The zero-order valence-corrected chi connectivity index (χ0v) is 15.3. The van der Waals surface area contributed by atoms with E-state index in [0.29, 0.717) is 11.5 Å². The van der Waals surface area contributed by atoms with Gasteiger partial charge in [-0.1, -0.05) is 19.8 Å². The molecule has 0 aliphatic carbocycles. The molecule has 1 rings (SSSR count). The number of ether oxygens (including phenoxy) is 2. The van der Waals surface area contributed by atoms with Crippen LogP contribution in [0.1, 0.15) is 44.8 Å². The molecule has 1 aromatic rings. The molecule has 0 spiro atoms. The van der Waals surface area contributed by atoms with E-state index in [-0.39, 0.29) is 6.54 Å². The highest BCUT2D eigenvalue weighted by molar-refractivity contribution is 5.79. The van der Waals surface area contributed by atoms with Gasteiger partial charge in [-0.25, -0.2) is 0 Å². The summed E-state index contributed by atoms with van der Waals surface area (Å²) in [5.74, 6) is 2.02. The molecule has 0 amide bonds. The van der Waals surface area contributed by atoms with Crippen LogP contribution in [0.4, 0.5) is 0 Å². The zero-order chi connectivity index (χ0) is 17.8. The molecule has 1 unspecified atom stereocenters. The molecule has 0 bridgehead atoms. The van der Waals surface area contributed by atoms with Crippen LogP contribution in [0.3, 0.4) is 0 Å². The number of methoxy groups -OCH3 is 2. The van der Waals surface area contributed by atoms with Crippen LogP contribution in [0, 0.1) is 0 Å². The Balaban J connectivity index is 2.70. The van der Waals surface area contributed by atoms with Gasteiger partial charge < -0.3 is 25.2 Å². The topological polar surface area (TPSA) is 75.1 Å². The van der Waals surface area contributed by atoms with Crippen molar-refractivity contribution in [2.75, 3.05) is 33.9 Å². The van der Waals surface area contributed by atoms with E-state index >= 15 is 0 Å². The third kappa shape index (κ3) is 7.08. The number of guanidine groups is 1. The number of nitrogens with one attached hydrogen (secondary N) is 2. The van der Waals surface area contributed by atoms with Crippen molar-refractivity contribution in [1.82, 2.24) is 10.6 Å². The summed E-state index contributed by atoms with van der Waals surface area (Å²) in [4.78, 5) is 4.46. The number of benzene rings is 1. The van der Waals surface area contributed by atoms with Crippen molar-refractivity contribution in [2.45, 2.75) is 39.2 Å². The number of aliphatic imine (C=N–C) groups is 1. The van der Waals surface area contributed by atoms with Gasteiger partial charge in [0.15, 0.2) is 5.96 Å². The van der Waals surface area contributed by atoms with Crippen molar-refractivity contribution in [3.8, 4) is 11.5 Å². The molecule has 0 saturated carbocycles. The Bertz CT molecular complexity index is 484. The second-order valence-electron chi connectivity index (χ2n) is 5.52. The molecule has 0 aliphatic heterocycles. The second kappa shape index (κ2) is 11.6.